The van der Waals surface area contributed by atoms with Gasteiger partial charge in [0, 0.05) is 5.38 Å². The molecule has 1 aliphatic heterocycles. The van der Waals surface area contributed by atoms with E-state index < -0.39 is 0 Å². The Bertz CT molecular complexity index is 520. The van der Waals surface area contributed by atoms with Crippen LogP contribution in [-0.2, 0) is 9.31 Å². The van der Waals surface area contributed by atoms with Crippen LogP contribution >= 0.6 is 11.3 Å². The van der Waals surface area contributed by atoms with E-state index in [1.165, 1.54) is 24.8 Å². The van der Waals surface area contributed by atoms with Gasteiger partial charge in [-0.15, -0.1) is 11.3 Å². The maximum atomic E-state index is 6.05. The predicted octanol–water partition coefficient (Wildman–Crippen LogP) is 3.40. The summed E-state index contributed by atoms with van der Waals surface area (Å²) in [5.41, 5.74) is 1.70. The molecular formula is C15H22BNO2S. The van der Waals surface area contributed by atoms with Crippen molar-refractivity contribution in [2.24, 2.45) is 0 Å². The van der Waals surface area contributed by atoms with Crippen molar-refractivity contribution in [2.45, 2.75) is 64.6 Å². The van der Waals surface area contributed by atoms with E-state index in [0.29, 0.717) is 0 Å². The van der Waals surface area contributed by atoms with Crippen molar-refractivity contribution in [2.75, 3.05) is 0 Å². The van der Waals surface area contributed by atoms with Gasteiger partial charge in [0.15, 0.2) is 0 Å². The van der Waals surface area contributed by atoms with Gasteiger partial charge < -0.3 is 9.31 Å². The molecule has 1 saturated heterocycles. The van der Waals surface area contributed by atoms with Crippen LogP contribution in [0.5, 0.6) is 0 Å². The van der Waals surface area contributed by atoms with Crippen molar-refractivity contribution < 1.29 is 9.31 Å². The topological polar surface area (TPSA) is 31.4 Å². The second-order valence-corrected chi connectivity index (χ2v) is 7.50. The lowest BCUT2D eigenvalue weighted by atomic mass is 9.86. The summed E-state index contributed by atoms with van der Waals surface area (Å²) >= 11 is 1.70. The fourth-order valence-electron chi connectivity index (χ4n) is 2.54. The van der Waals surface area contributed by atoms with Crippen LogP contribution in [0.1, 0.15) is 58.4 Å². The fraction of sp³-hybridized carbons (Fsp3) is 0.667. The highest BCUT2D eigenvalue weighted by atomic mass is 32.1. The molecule has 3 rings (SSSR count). The molecule has 0 bridgehead atoms. The highest BCUT2D eigenvalue weighted by Crippen LogP contribution is 2.37. The molecule has 108 valence electrons. The predicted molar refractivity (Wildman–Crippen MR) is 84.3 cm³/mol. The highest BCUT2D eigenvalue weighted by molar-refractivity contribution is 7.11. The minimum Gasteiger partial charge on any atom is -0.398 e. The molecule has 0 amide bonds. The zero-order valence-corrected chi connectivity index (χ0v) is 13.5. The van der Waals surface area contributed by atoms with Gasteiger partial charge in [0.2, 0.25) is 0 Å². The van der Waals surface area contributed by atoms with Gasteiger partial charge in [0.25, 0.3) is 0 Å². The molecule has 0 spiro atoms. The number of nitrogens with zero attached hydrogens (tertiary/aromatic N) is 1. The zero-order chi connectivity index (χ0) is 14.4. The van der Waals surface area contributed by atoms with Gasteiger partial charge >= 0.3 is 7.12 Å². The zero-order valence-electron chi connectivity index (χ0n) is 12.7. The molecule has 1 aromatic heterocycles. The third kappa shape index (κ3) is 2.47. The summed E-state index contributed by atoms with van der Waals surface area (Å²) < 4.78 is 12.1. The lowest BCUT2D eigenvalue weighted by molar-refractivity contribution is 0.00578. The first-order valence-electron chi connectivity index (χ1n) is 7.39. The Morgan fingerprint density at radius 3 is 2.45 bits per heavy atom. The molecule has 0 unspecified atom stereocenters. The Kier molecular flexibility index (Phi) is 3.55. The number of thiazole rings is 1. The third-order valence-corrected chi connectivity index (χ3v) is 5.52. The number of allylic oxidation sites excluding steroid dienone is 2. The average molecular weight is 291 g/mol. The minimum absolute atomic E-state index is 0.300. The Morgan fingerprint density at radius 2 is 1.85 bits per heavy atom. The van der Waals surface area contributed by atoms with Crippen LogP contribution in [0.15, 0.2) is 11.5 Å². The van der Waals surface area contributed by atoms with Crippen molar-refractivity contribution in [3.05, 3.63) is 16.5 Å². The van der Waals surface area contributed by atoms with Crippen LogP contribution in [0, 0.1) is 0 Å². The maximum absolute atomic E-state index is 6.05. The molecule has 0 saturated carbocycles. The van der Waals surface area contributed by atoms with Crippen molar-refractivity contribution in [3.8, 4) is 0 Å². The first-order chi connectivity index (χ1) is 9.39. The lowest BCUT2D eigenvalue weighted by Gasteiger charge is -2.32. The summed E-state index contributed by atoms with van der Waals surface area (Å²) in [6.45, 7) is 8.29. The van der Waals surface area contributed by atoms with E-state index in [1.807, 2.05) is 0 Å². The smallest absolute Gasteiger partial charge is 0.398 e. The van der Waals surface area contributed by atoms with E-state index in [9.17, 15) is 0 Å². The van der Waals surface area contributed by atoms with Crippen LogP contribution in [0.2, 0.25) is 0 Å². The van der Waals surface area contributed by atoms with E-state index in [0.717, 1.165) is 17.0 Å². The molecule has 0 N–H and O–H groups in total. The van der Waals surface area contributed by atoms with E-state index in [-0.39, 0.29) is 18.3 Å². The summed E-state index contributed by atoms with van der Waals surface area (Å²) in [5.74, 6) is 0. The van der Waals surface area contributed by atoms with Crippen LogP contribution in [-0.4, -0.2) is 23.3 Å². The second kappa shape index (κ2) is 4.97. The second-order valence-electron chi connectivity index (χ2n) is 6.64. The fourth-order valence-corrected chi connectivity index (χ4v) is 3.43. The quantitative estimate of drug-likeness (QED) is 0.783. The first-order valence-corrected chi connectivity index (χ1v) is 8.27. The Morgan fingerprint density at radius 1 is 1.15 bits per heavy atom. The number of hydrogen-bond donors (Lipinski definition) is 0. The molecule has 5 heteroatoms. The Balaban J connectivity index is 1.80. The summed E-state index contributed by atoms with van der Waals surface area (Å²) in [7, 11) is -0.339. The van der Waals surface area contributed by atoms with Crippen LogP contribution in [0.3, 0.4) is 0 Å². The third-order valence-electron chi connectivity index (χ3n) is 4.58. The van der Waals surface area contributed by atoms with Gasteiger partial charge in [-0.05, 0) is 59.0 Å². The van der Waals surface area contributed by atoms with Crippen molar-refractivity contribution in [1.82, 2.24) is 4.98 Å². The van der Waals surface area contributed by atoms with E-state index >= 15 is 0 Å². The van der Waals surface area contributed by atoms with Crippen LogP contribution < -0.4 is 5.59 Å². The SMILES string of the molecule is CC1(C)OB(c2csc(C3=CCCCC3)n2)OC1(C)C. The number of aromatic nitrogens is 1. The van der Waals surface area contributed by atoms with E-state index in [1.54, 1.807) is 11.3 Å². The summed E-state index contributed by atoms with van der Waals surface area (Å²) in [6, 6.07) is 0. The van der Waals surface area contributed by atoms with E-state index in [4.69, 9.17) is 14.3 Å². The molecule has 20 heavy (non-hydrogen) atoms. The largest absolute Gasteiger partial charge is 0.515 e. The molecule has 0 aromatic carbocycles. The molecule has 0 atom stereocenters. The average Bonchev–Trinajstić information content (AvgIpc) is 2.94. The van der Waals surface area contributed by atoms with Gasteiger partial charge in [0.1, 0.15) is 5.01 Å². The first kappa shape index (κ1) is 14.3. The molecule has 1 aliphatic carbocycles. The number of rotatable bonds is 2. The minimum atomic E-state index is -0.339. The molecule has 2 heterocycles. The molecule has 2 aliphatic rings. The summed E-state index contributed by atoms with van der Waals surface area (Å²) in [5, 5.41) is 3.21. The van der Waals surface area contributed by atoms with E-state index in [2.05, 4.69) is 39.2 Å². The standard InChI is InChI=1S/C15H22BNO2S/c1-14(2)15(3,4)19-16(18-14)12-10-20-13(17-12)11-8-6-5-7-9-11/h8,10H,5-7,9H2,1-4H3. The van der Waals surface area contributed by atoms with Crippen molar-refractivity contribution in [1.29, 1.82) is 0 Å². The van der Waals surface area contributed by atoms with Gasteiger partial charge in [0.05, 0.1) is 16.8 Å². The van der Waals surface area contributed by atoms with Crippen molar-refractivity contribution >= 4 is 29.6 Å². The molecule has 1 fully saturated rings. The monoisotopic (exact) mass is 291 g/mol. The molecule has 1 aromatic rings. The lowest BCUT2D eigenvalue weighted by Crippen LogP contribution is -2.41. The van der Waals surface area contributed by atoms with Crippen molar-refractivity contribution in [3.63, 3.8) is 0 Å². The number of hydrogen-bond acceptors (Lipinski definition) is 4. The van der Waals surface area contributed by atoms with Gasteiger partial charge in [-0.1, -0.05) is 6.08 Å². The molecular weight excluding hydrogens is 269 g/mol. The molecule has 0 radical (unpaired) electrons. The summed E-state index contributed by atoms with van der Waals surface area (Å²) in [4.78, 5) is 4.75. The maximum Gasteiger partial charge on any atom is 0.515 e. The highest BCUT2D eigenvalue weighted by Gasteiger charge is 2.52. The Labute approximate surface area is 125 Å². The van der Waals surface area contributed by atoms with Crippen LogP contribution in [0.25, 0.3) is 5.57 Å². The van der Waals surface area contributed by atoms with Crippen LogP contribution in [0.4, 0.5) is 0 Å². The van der Waals surface area contributed by atoms with Gasteiger partial charge in [-0.25, -0.2) is 4.98 Å². The molecule has 3 nitrogen and oxygen atoms in total. The summed E-state index contributed by atoms with van der Waals surface area (Å²) in [6.07, 6.45) is 7.24. The Hall–Kier alpha value is -0.645. The van der Waals surface area contributed by atoms with Gasteiger partial charge in [-0.3, -0.25) is 0 Å². The normalized spacial score (nSPS) is 24.8. The van der Waals surface area contributed by atoms with Gasteiger partial charge in [-0.2, -0.15) is 0 Å².